The number of anilines is 2. The maximum Gasteiger partial charge on any atom is 0.280 e. The summed E-state index contributed by atoms with van der Waals surface area (Å²) < 4.78 is 21.3. The predicted molar refractivity (Wildman–Crippen MR) is 152 cm³/mol. The third kappa shape index (κ3) is 9.69. The molecule has 0 spiro atoms. The Bertz CT molecular complexity index is 1590. The highest BCUT2D eigenvalue weighted by molar-refractivity contribution is 5.77. The minimum absolute atomic E-state index is 0.0230. The Morgan fingerprint density at radius 3 is 1.43 bits per heavy atom. The van der Waals surface area contributed by atoms with Crippen LogP contribution >= 0.6 is 0 Å². The van der Waals surface area contributed by atoms with Gasteiger partial charge in [-0.1, -0.05) is 0 Å². The molecule has 4 aromatic heterocycles. The fourth-order valence-electron chi connectivity index (χ4n) is 3.48. The fraction of sp³-hybridized carbons (Fsp3) is 0.417. The van der Waals surface area contributed by atoms with E-state index in [1.807, 2.05) is 0 Å². The van der Waals surface area contributed by atoms with Gasteiger partial charge in [0.15, 0.2) is 22.3 Å². The molecule has 0 saturated carbocycles. The van der Waals surface area contributed by atoms with Crippen LogP contribution in [0.1, 0.15) is 11.4 Å². The molecule has 0 aliphatic heterocycles. The van der Waals surface area contributed by atoms with Crippen LogP contribution in [-0.2, 0) is 41.6 Å². The van der Waals surface area contributed by atoms with Crippen molar-refractivity contribution in [1.82, 2.24) is 50.5 Å². The number of hydrogen-bond donors (Lipinski definition) is 6. The molecule has 234 valence electrons. The lowest BCUT2D eigenvalue weighted by atomic mass is 10.4. The van der Waals surface area contributed by atoms with Crippen LogP contribution < -0.4 is 33.2 Å². The van der Waals surface area contributed by atoms with Crippen molar-refractivity contribution >= 4 is 46.0 Å². The molecule has 4 heterocycles. The van der Waals surface area contributed by atoms with Crippen LogP contribution in [0, 0.1) is 0 Å². The molecule has 20 heteroatoms. The first-order valence-corrected chi connectivity index (χ1v) is 13.2. The van der Waals surface area contributed by atoms with Gasteiger partial charge in [-0.15, -0.1) is 0 Å². The van der Waals surface area contributed by atoms with E-state index in [1.165, 1.54) is 12.4 Å². The van der Waals surface area contributed by atoms with Crippen molar-refractivity contribution in [2.45, 2.75) is 13.1 Å². The highest BCUT2D eigenvalue weighted by atomic mass is 16.6. The van der Waals surface area contributed by atoms with Gasteiger partial charge in [-0.25, -0.2) is 19.9 Å². The van der Waals surface area contributed by atoms with Crippen LogP contribution in [0.2, 0.25) is 0 Å². The third-order valence-electron chi connectivity index (χ3n) is 5.49. The zero-order valence-electron chi connectivity index (χ0n) is 23.3. The Kier molecular flexibility index (Phi) is 11.5. The largest absolute Gasteiger partial charge is 0.377 e. The smallest absolute Gasteiger partial charge is 0.280 e. The summed E-state index contributed by atoms with van der Waals surface area (Å²) in [5.74, 6) is -0.879. The van der Waals surface area contributed by atoms with Gasteiger partial charge in [-0.05, 0) is 0 Å². The first-order valence-electron chi connectivity index (χ1n) is 13.2. The molecule has 0 unspecified atom stereocenters. The van der Waals surface area contributed by atoms with Gasteiger partial charge in [0.25, 0.3) is 11.1 Å². The molecular formula is C24H30N12O8. The molecule has 20 nitrogen and oxygen atoms in total. The molecule has 0 bridgehead atoms. The minimum Gasteiger partial charge on any atom is -0.377 e. The van der Waals surface area contributed by atoms with E-state index in [2.05, 4.69) is 50.5 Å². The Balaban J connectivity index is 0.962. The van der Waals surface area contributed by atoms with Crippen molar-refractivity contribution in [3.63, 3.8) is 0 Å². The maximum atomic E-state index is 12.0. The monoisotopic (exact) mass is 614 g/mol. The molecule has 0 atom stereocenters. The van der Waals surface area contributed by atoms with Crippen molar-refractivity contribution in [3.05, 3.63) is 44.5 Å². The minimum atomic E-state index is -0.521. The summed E-state index contributed by atoms with van der Waals surface area (Å²) in [7, 11) is 0. The molecule has 4 aromatic rings. The van der Waals surface area contributed by atoms with Gasteiger partial charge in [-0.2, -0.15) is 9.97 Å². The normalized spacial score (nSPS) is 11.2. The van der Waals surface area contributed by atoms with Gasteiger partial charge in [0.1, 0.15) is 13.2 Å². The molecule has 2 amide bonds. The van der Waals surface area contributed by atoms with Crippen molar-refractivity contribution in [2.75, 3.05) is 64.3 Å². The standard InChI is InChI=1S/C24H30N12O8/c25-23-33-19-17(21(39)35-23)31-13(9-29-19)7-27-15(37)11-43-5-3-41-1-2-42-4-6-44-12-16(38)28-8-14-10-30-20-18(32-14)22(40)36-24(26)34-20/h9-10H,1-8,11-12H2,(H,27,37)(H,28,38)(H3,25,29,33,35,39)(H3,26,30,34,36,40). The van der Waals surface area contributed by atoms with Crippen LogP contribution in [0.15, 0.2) is 22.0 Å². The lowest BCUT2D eigenvalue weighted by molar-refractivity contribution is -0.127. The van der Waals surface area contributed by atoms with E-state index in [4.69, 9.17) is 30.4 Å². The van der Waals surface area contributed by atoms with Gasteiger partial charge >= 0.3 is 0 Å². The zero-order valence-corrected chi connectivity index (χ0v) is 23.3. The number of aromatic nitrogens is 8. The zero-order chi connectivity index (χ0) is 31.3. The summed E-state index contributed by atoms with van der Waals surface area (Å²) in [6.45, 7) is 1.21. The molecule has 0 aliphatic rings. The van der Waals surface area contributed by atoms with E-state index in [9.17, 15) is 19.2 Å². The second-order valence-corrected chi connectivity index (χ2v) is 8.85. The number of nitrogens with one attached hydrogen (secondary N) is 4. The van der Waals surface area contributed by atoms with Gasteiger partial charge in [-0.3, -0.25) is 29.1 Å². The summed E-state index contributed by atoms with van der Waals surface area (Å²) in [5.41, 5.74) is 10.9. The number of nitrogens with zero attached hydrogens (tertiary/aromatic N) is 6. The molecule has 0 fully saturated rings. The van der Waals surface area contributed by atoms with E-state index in [1.54, 1.807) is 0 Å². The number of carbonyl (C=O) groups is 2. The van der Waals surface area contributed by atoms with Crippen molar-refractivity contribution in [2.24, 2.45) is 0 Å². The van der Waals surface area contributed by atoms with Gasteiger partial charge in [0.05, 0.1) is 76.5 Å². The Morgan fingerprint density at radius 2 is 1.02 bits per heavy atom. The van der Waals surface area contributed by atoms with Crippen molar-refractivity contribution in [1.29, 1.82) is 0 Å². The number of carbonyl (C=O) groups excluding carboxylic acids is 2. The highest BCUT2D eigenvalue weighted by Crippen LogP contribution is 2.04. The highest BCUT2D eigenvalue weighted by Gasteiger charge is 2.10. The van der Waals surface area contributed by atoms with Crippen LogP contribution in [0.5, 0.6) is 0 Å². The van der Waals surface area contributed by atoms with Gasteiger partial charge < -0.3 is 41.0 Å². The average molecular weight is 615 g/mol. The van der Waals surface area contributed by atoms with Crippen molar-refractivity contribution < 1.29 is 28.5 Å². The quantitative estimate of drug-likeness (QED) is 0.0642. The number of rotatable bonds is 17. The van der Waals surface area contributed by atoms with E-state index < -0.39 is 11.1 Å². The summed E-state index contributed by atoms with van der Waals surface area (Å²) in [4.78, 5) is 76.5. The predicted octanol–water partition coefficient (Wildman–Crippen LogP) is -3.10. The maximum absolute atomic E-state index is 12.0. The lowest BCUT2D eigenvalue weighted by Crippen LogP contribution is -2.28. The van der Waals surface area contributed by atoms with Crippen LogP contribution in [0.25, 0.3) is 22.3 Å². The topological polar surface area (TPSA) is 290 Å². The fourth-order valence-corrected chi connectivity index (χ4v) is 3.48. The SMILES string of the molecule is Nc1nc2ncc(CNC(=O)COCCOCCOCCOCC(=O)NCc3cnc4nc(N)[nH]c(=O)c4n3)nc2c(=O)[nH]1. The molecule has 0 aromatic carbocycles. The van der Waals surface area contributed by atoms with Crippen molar-refractivity contribution in [3.8, 4) is 0 Å². The average Bonchev–Trinajstić information content (AvgIpc) is 2.99. The Labute approximate surface area is 247 Å². The van der Waals surface area contributed by atoms with Gasteiger partial charge in [0, 0.05) is 0 Å². The number of ether oxygens (including phenoxy) is 4. The van der Waals surface area contributed by atoms with Crippen LogP contribution in [-0.4, -0.2) is 105 Å². The molecule has 44 heavy (non-hydrogen) atoms. The molecule has 4 rings (SSSR count). The van der Waals surface area contributed by atoms with E-state index >= 15 is 0 Å². The van der Waals surface area contributed by atoms with Crippen LogP contribution in [0.3, 0.4) is 0 Å². The summed E-state index contributed by atoms with van der Waals surface area (Å²) in [6.07, 6.45) is 2.78. The second-order valence-electron chi connectivity index (χ2n) is 8.85. The van der Waals surface area contributed by atoms with Gasteiger partial charge in [0.2, 0.25) is 23.7 Å². The summed E-state index contributed by atoms with van der Waals surface area (Å²) in [5, 5.41) is 5.23. The van der Waals surface area contributed by atoms with E-state index in [0.717, 1.165) is 0 Å². The lowest BCUT2D eigenvalue weighted by Gasteiger charge is -2.08. The molecular weight excluding hydrogens is 584 g/mol. The van der Waals surface area contributed by atoms with Crippen LogP contribution in [0.4, 0.5) is 11.9 Å². The number of nitrogen functional groups attached to an aromatic ring is 2. The first kappa shape index (κ1) is 31.7. The van der Waals surface area contributed by atoms with E-state index in [-0.39, 0.29) is 98.8 Å². The first-order chi connectivity index (χ1) is 21.3. The van der Waals surface area contributed by atoms with E-state index in [0.29, 0.717) is 24.6 Å². The Hall–Kier alpha value is -5.18. The number of hydrogen-bond acceptors (Lipinski definition) is 16. The number of amides is 2. The number of fused-ring (bicyclic) bond motifs is 2. The number of H-pyrrole nitrogens is 2. The molecule has 0 radical (unpaired) electrons. The molecule has 0 aliphatic carbocycles. The summed E-state index contributed by atoms with van der Waals surface area (Å²) in [6, 6.07) is 0. The molecule has 0 saturated heterocycles. The number of nitrogens with two attached hydrogens (primary N) is 2. The summed E-state index contributed by atoms with van der Waals surface area (Å²) >= 11 is 0. The molecule has 8 N–H and O–H groups in total. The Morgan fingerprint density at radius 1 is 0.636 bits per heavy atom. The second kappa shape index (κ2) is 15.9. The third-order valence-corrected chi connectivity index (χ3v) is 5.49. The number of aromatic amines is 2.